The zero-order valence-corrected chi connectivity index (χ0v) is 18.0. The van der Waals surface area contributed by atoms with E-state index in [0.29, 0.717) is 22.7 Å². The number of aromatic nitrogens is 1. The number of hydrogen-bond acceptors (Lipinski definition) is 5. The predicted molar refractivity (Wildman–Crippen MR) is 115 cm³/mol. The standard InChI is InChI=1S/C22H26N2O4S/c1-5-6-7-14-28-16-10-8-15(9-11-16)21(25)23-22-24(2)19-17(26-3)12-13-18(27-4)20(19)29-22/h8-13H,5-7,14H2,1-4H3. The van der Waals surface area contributed by atoms with Crippen LogP contribution in [-0.2, 0) is 7.05 Å². The monoisotopic (exact) mass is 414 g/mol. The fraction of sp³-hybridized carbons (Fsp3) is 0.364. The van der Waals surface area contributed by atoms with Crippen molar-refractivity contribution in [2.75, 3.05) is 20.8 Å². The Kier molecular flexibility index (Phi) is 6.93. The molecule has 0 aliphatic heterocycles. The molecule has 6 nitrogen and oxygen atoms in total. The van der Waals surface area contributed by atoms with E-state index in [1.165, 1.54) is 11.3 Å². The van der Waals surface area contributed by atoms with Crippen molar-refractivity contribution in [1.29, 1.82) is 0 Å². The van der Waals surface area contributed by atoms with Crippen LogP contribution in [0.5, 0.6) is 17.2 Å². The number of nitrogens with zero attached hydrogens (tertiary/aromatic N) is 2. The lowest BCUT2D eigenvalue weighted by Crippen LogP contribution is -2.13. The minimum Gasteiger partial charge on any atom is -0.495 e. The molecule has 29 heavy (non-hydrogen) atoms. The lowest BCUT2D eigenvalue weighted by molar-refractivity contribution is 0.0998. The Morgan fingerprint density at radius 3 is 2.38 bits per heavy atom. The van der Waals surface area contributed by atoms with E-state index in [-0.39, 0.29) is 5.91 Å². The number of carbonyl (C=O) groups is 1. The van der Waals surface area contributed by atoms with E-state index in [2.05, 4.69) is 11.9 Å². The van der Waals surface area contributed by atoms with Crippen molar-refractivity contribution in [2.45, 2.75) is 26.2 Å². The average Bonchev–Trinajstić information content (AvgIpc) is 3.07. The zero-order valence-electron chi connectivity index (χ0n) is 17.2. The van der Waals surface area contributed by atoms with Gasteiger partial charge in [-0.25, -0.2) is 0 Å². The molecule has 0 spiro atoms. The molecule has 2 aromatic carbocycles. The number of methoxy groups -OCH3 is 2. The van der Waals surface area contributed by atoms with Gasteiger partial charge in [-0.1, -0.05) is 31.1 Å². The second-order valence-electron chi connectivity index (χ2n) is 6.59. The normalized spacial score (nSPS) is 11.7. The molecule has 0 fully saturated rings. The fourth-order valence-electron chi connectivity index (χ4n) is 3.02. The second kappa shape index (κ2) is 9.60. The molecule has 1 amide bonds. The highest BCUT2D eigenvalue weighted by Crippen LogP contribution is 2.34. The summed E-state index contributed by atoms with van der Waals surface area (Å²) < 4.78 is 19.3. The van der Waals surface area contributed by atoms with E-state index in [1.54, 1.807) is 26.4 Å². The summed E-state index contributed by atoms with van der Waals surface area (Å²) in [5, 5.41) is 0. The van der Waals surface area contributed by atoms with Crippen LogP contribution in [0.1, 0.15) is 36.5 Å². The van der Waals surface area contributed by atoms with Crippen molar-refractivity contribution >= 4 is 27.5 Å². The van der Waals surface area contributed by atoms with Crippen LogP contribution in [0, 0.1) is 0 Å². The maximum Gasteiger partial charge on any atom is 0.279 e. The Labute approximate surface area is 174 Å². The van der Waals surface area contributed by atoms with Crippen LogP contribution in [0.4, 0.5) is 0 Å². The predicted octanol–water partition coefficient (Wildman–Crippen LogP) is 4.57. The van der Waals surface area contributed by atoms with Gasteiger partial charge < -0.3 is 18.8 Å². The molecule has 1 aromatic heterocycles. The minimum absolute atomic E-state index is 0.303. The third kappa shape index (κ3) is 4.62. The summed E-state index contributed by atoms with van der Waals surface area (Å²) in [7, 11) is 5.10. The minimum atomic E-state index is -0.303. The topological polar surface area (TPSA) is 62.1 Å². The summed E-state index contributed by atoms with van der Waals surface area (Å²) >= 11 is 1.39. The molecule has 3 aromatic rings. The number of ether oxygens (including phenoxy) is 3. The first-order chi connectivity index (χ1) is 14.1. The number of thiazole rings is 1. The first-order valence-corrected chi connectivity index (χ1v) is 10.4. The highest BCUT2D eigenvalue weighted by atomic mass is 32.1. The maximum atomic E-state index is 12.7. The van der Waals surface area contributed by atoms with Gasteiger partial charge in [0, 0.05) is 12.6 Å². The molecule has 0 N–H and O–H groups in total. The molecule has 0 bridgehead atoms. The Hall–Kier alpha value is -2.80. The fourth-order valence-corrected chi connectivity index (χ4v) is 4.14. The summed E-state index contributed by atoms with van der Waals surface area (Å²) in [6, 6.07) is 10.8. The van der Waals surface area contributed by atoms with Crippen molar-refractivity contribution in [3.63, 3.8) is 0 Å². The van der Waals surface area contributed by atoms with Gasteiger partial charge in [0.25, 0.3) is 5.91 Å². The molecule has 1 heterocycles. The molecular weight excluding hydrogens is 388 g/mol. The third-order valence-corrected chi connectivity index (χ3v) is 5.78. The van der Waals surface area contributed by atoms with Gasteiger partial charge in [-0.15, -0.1) is 0 Å². The van der Waals surface area contributed by atoms with E-state index < -0.39 is 0 Å². The van der Waals surface area contributed by atoms with Crippen molar-refractivity contribution in [3.8, 4) is 17.2 Å². The van der Waals surface area contributed by atoms with Gasteiger partial charge in [0.05, 0.1) is 20.8 Å². The first-order valence-electron chi connectivity index (χ1n) is 9.61. The van der Waals surface area contributed by atoms with Crippen LogP contribution < -0.4 is 19.0 Å². The van der Waals surface area contributed by atoms with Gasteiger partial charge in [-0.3, -0.25) is 4.79 Å². The van der Waals surface area contributed by atoms with E-state index in [1.807, 2.05) is 35.9 Å². The number of amides is 1. The number of unbranched alkanes of at least 4 members (excludes halogenated alkanes) is 2. The first kappa shape index (κ1) is 20.9. The summed E-state index contributed by atoms with van der Waals surface area (Å²) in [5.74, 6) is 1.89. The molecule has 0 saturated heterocycles. The van der Waals surface area contributed by atoms with Crippen LogP contribution in [0.2, 0.25) is 0 Å². The van der Waals surface area contributed by atoms with E-state index in [0.717, 1.165) is 41.0 Å². The van der Waals surface area contributed by atoms with Crippen molar-refractivity contribution in [3.05, 3.63) is 46.8 Å². The van der Waals surface area contributed by atoms with E-state index in [9.17, 15) is 4.79 Å². The number of fused-ring (bicyclic) bond motifs is 1. The summed E-state index contributed by atoms with van der Waals surface area (Å²) in [5.41, 5.74) is 1.36. The quantitative estimate of drug-likeness (QED) is 0.507. The zero-order chi connectivity index (χ0) is 20.8. The number of carbonyl (C=O) groups excluding carboxylic acids is 1. The third-order valence-electron chi connectivity index (χ3n) is 4.63. The van der Waals surface area contributed by atoms with Gasteiger partial charge in [-0.2, -0.15) is 4.99 Å². The Bertz CT molecular complexity index is 1050. The summed E-state index contributed by atoms with van der Waals surface area (Å²) in [6.45, 7) is 2.85. The number of benzene rings is 2. The molecular formula is C22H26N2O4S. The Balaban J connectivity index is 1.87. The van der Waals surface area contributed by atoms with Gasteiger partial charge in [-0.05, 0) is 42.8 Å². The molecule has 0 radical (unpaired) electrons. The molecule has 0 aliphatic carbocycles. The molecule has 154 valence electrons. The molecule has 3 rings (SSSR count). The number of hydrogen-bond donors (Lipinski definition) is 0. The van der Waals surface area contributed by atoms with Gasteiger partial charge in [0.2, 0.25) is 0 Å². The Morgan fingerprint density at radius 2 is 1.72 bits per heavy atom. The van der Waals surface area contributed by atoms with Crippen molar-refractivity contribution in [2.24, 2.45) is 12.0 Å². The largest absolute Gasteiger partial charge is 0.495 e. The SMILES string of the molecule is CCCCCOc1ccc(C(=O)N=c2sc3c(OC)ccc(OC)c3n2C)cc1. The second-order valence-corrected chi connectivity index (χ2v) is 7.57. The van der Waals surface area contributed by atoms with E-state index >= 15 is 0 Å². The summed E-state index contributed by atoms with van der Waals surface area (Å²) in [6.07, 6.45) is 3.34. The van der Waals surface area contributed by atoms with Gasteiger partial charge >= 0.3 is 0 Å². The molecule has 0 atom stereocenters. The smallest absolute Gasteiger partial charge is 0.279 e. The maximum absolute atomic E-state index is 12.7. The lowest BCUT2D eigenvalue weighted by atomic mass is 10.2. The van der Waals surface area contributed by atoms with Crippen molar-refractivity contribution < 1.29 is 19.0 Å². The molecule has 0 aliphatic rings. The highest BCUT2D eigenvalue weighted by molar-refractivity contribution is 7.16. The van der Waals surface area contributed by atoms with E-state index in [4.69, 9.17) is 14.2 Å². The molecule has 0 unspecified atom stereocenters. The van der Waals surface area contributed by atoms with Crippen LogP contribution >= 0.6 is 11.3 Å². The number of rotatable bonds is 8. The average molecular weight is 415 g/mol. The van der Waals surface area contributed by atoms with Crippen LogP contribution in [-0.4, -0.2) is 31.3 Å². The van der Waals surface area contributed by atoms with Crippen molar-refractivity contribution in [1.82, 2.24) is 4.57 Å². The van der Waals surface area contributed by atoms with Crippen LogP contribution in [0.3, 0.4) is 0 Å². The molecule has 7 heteroatoms. The lowest BCUT2D eigenvalue weighted by Gasteiger charge is -2.06. The van der Waals surface area contributed by atoms with Gasteiger partial charge in [0.15, 0.2) is 4.80 Å². The Morgan fingerprint density at radius 1 is 1.03 bits per heavy atom. The summed E-state index contributed by atoms with van der Waals surface area (Å²) in [4.78, 5) is 17.6. The van der Waals surface area contributed by atoms with Crippen LogP contribution in [0.25, 0.3) is 10.2 Å². The number of aryl methyl sites for hydroxylation is 1. The van der Waals surface area contributed by atoms with Gasteiger partial charge in [0.1, 0.15) is 27.5 Å². The van der Waals surface area contributed by atoms with Crippen LogP contribution in [0.15, 0.2) is 41.4 Å². The highest BCUT2D eigenvalue weighted by Gasteiger charge is 2.14. The molecule has 0 saturated carbocycles.